The van der Waals surface area contributed by atoms with E-state index in [1.807, 2.05) is 0 Å². The molecule has 2 atom stereocenters. The van der Waals surface area contributed by atoms with Crippen LogP contribution in [-0.4, -0.2) is 41.3 Å². The Morgan fingerprint density at radius 3 is 2.48 bits per heavy atom. The fourth-order valence-corrected chi connectivity index (χ4v) is 2.90. The van der Waals surface area contributed by atoms with Gasteiger partial charge < -0.3 is 15.3 Å². The molecule has 1 fully saturated rings. The molecule has 1 aliphatic rings. The predicted molar refractivity (Wildman–Crippen MR) is 78.6 cm³/mol. The number of hydrogen-bond donors (Lipinski definition) is 2. The Morgan fingerprint density at radius 1 is 1.30 bits per heavy atom. The van der Waals surface area contributed by atoms with Crippen molar-refractivity contribution in [1.82, 2.24) is 10.2 Å². The fraction of sp³-hybridized carbons (Fsp3) is 0.429. The number of hydrogen-bond acceptors (Lipinski definition) is 2. The number of likely N-dealkylation sites (tertiary alicyclic amines) is 1. The summed E-state index contributed by atoms with van der Waals surface area (Å²) in [6.07, 6.45) is -4.65. The lowest BCUT2D eigenvalue weighted by Gasteiger charge is -2.19. The van der Waals surface area contributed by atoms with E-state index in [1.54, 1.807) is 24.3 Å². The Hall–Kier alpha value is -1.77. The number of carbonyl (C=O) groups is 2. The van der Waals surface area contributed by atoms with Gasteiger partial charge in [0.25, 0.3) is 0 Å². The lowest BCUT2D eigenvalue weighted by atomic mass is 9.96. The third kappa shape index (κ3) is 4.15. The van der Waals surface area contributed by atoms with E-state index in [2.05, 4.69) is 21.2 Å². The molecule has 1 aliphatic heterocycles. The summed E-state index contributed by atoms with van der Waals surface area (Å²) in [4.78, 5) is 23.9. The number of halogens is 4. The number of nitrogens with one attached hydrogen (secondary N) is 1. The molecule has 0 aromatic heterocycles. The molecule has 126 valence electrons. The van der Waals surface area contributed by atoms with Crippen LogP contribution in [0.3, 0.4) is 0 Å². The van der Waals surface area contributed by atoms with Crippen molar-refractivity contribution in [2.75, 3.05) is 13.1 Å². The van der Waals surface area contributed by atoms with Gasteiger partial charge in [0.2, 0.25) is 0 Å². The van der Waals surface area contributed by atoms with Crippen molar-refractivity contribution in [3.63, 3.8) is 0 Å². The molecule has 0 aliphatic carbocycles. The van der Waals surface area contributed by atoms with Gasteiger partial charge in [0, 0.05) is 24.1 Å². The third-order valence-electron chi connectivity index (χ3n) is 3.73. The highest BCUT2D eigenvalue weighted by molar-refractivity contribution is 9.10. The van der Waals surface area contributed by atoms with E-state index in [-0.39, 0.29) is 6.54 Å². The lowest BCUT2D eigenvalue weighted by Crippen LogP contribution is -2.39. The minimum atomic E-state index is -4.65. The molecule has 5 nitrogen and oxygen atoms in total. The van der Waals surface area contributed by atoms with Crippen LogP contribution in [-0.2, 0) is 11.3 Å². The zero-order valence-electron chi connectivity index (χ0n) is 11.8. The van der Waals surface area contributed by atoms with Gasteiger partial charge in [-0.05, 0) is 11.6 Å². The maximum Gasteiger partial charge on any atom is 0.394 e. The maximum atomic E-state index is 12.9. The quantitative estimate of drug-likeness (QED) is 0.827. The first-order chi connectivity index (χ1) is 10.7. The summed E-state index contributed by atoms with van der Waals surface area (Å²) in [5.41, 5.74) is 0.766. The molecule has 0 spiro atoms. The third-order valence-corrected chi connectivity index (χ3v) is 4.51. The minimum Gasteiger partial charge on any atom is -0.481 e. The van der Waals surface area contributed by atoms with Crippen LogP contribution in [0, 0.1) is 11.8 Å². The van der Waals surface area contributed by atoms with Gasteiger partial charge in [0.1, 0.15) is 0 Å². The standard InChI is InChI=1S/C14H14BrF3N2O3/c15-11-4-2-1-3-8(11)5-19-13(23)20-6-9(12(21)22)10(7-20)14(16,17)18/h1-4,9-10H,5-7H2,(H,19,23)(H,21,22)/t9-,10-/m1/s1. The van der Waals surface area contributed by atoms with E-state index in [9.17, 15) is 22.8 Å². The highest BCUT2D eigenvalue weighted by Crippen LogP contribution is 2.37. The summed E-state index contributed by atoms with van der Waals surface area (Å²) in [6, 6.07) is 6.38. The monoisotopic (exact) mass is 394 g/mol. The summed E-state index contributed by atoms with van der Waals surface area (Å²) in [6.45, 7) is -0.977. The van der Waals surface area contributed by atoms with Crippen molar-refractivity contribution in [2.24, 2.45) is 11.8 Å². The topological polar surface area (TPSA) is 69.6 Å². The van der Waals surface area contributed by atoms with E-state index in [0.29, 0.717) is 0 Å². The number of carbonyl (C=O) groups excluding carboxylic acids is 1. The molecule has 2 amide bonds. The van der Waals surface area contributed by atoms with E-state index in [1.165, 1.54) is 0 Å². The van der Waals surface area contributed by atoms with Gasteiger partial charge in [-0.2, -0.15) is 13.2 Å². The summed E-state index contributed by atoms with van der Waals surface area (Å²) in [5, 5.41) is 11.4. The van der Waals surface area contributed by atoms with Gasteiger partial charge in [-0.3, -0.25) is 4.79 Å². The molecule has 2 rings (SSSR count). The first-order valence-corrected chi connectivity index (χ1v) is 7.55. The van der Waals surface area contributed by atoms with Crippen LogP contribution in [0.2, 0.25) is 0 Å². The molecule has 0 unspecified atom stereocenters. The van der Waals surface area contributed by atoms with E-state index in [4.69, 9.17) is 5.11 Å². The number of aliphatic carboxylic acids is 1. The summed E-state index contributed by atoms with van der Waals surface area (Å²) >= 11 is 3.30. The molecule has 1 heterocycles. The number of rotatable bonds is 3. The van der Waals surface area contributed by atoms with E-state index < -0.39 is 43.1 Å². The van der Waals surface area contributed by atoms with Crippen LogP contribution in [0.4, 0.5) is 18.0 Å². The van der Waals surface area contributed by atoms with Gasteiger partial charge in [-0.1, -0.05) is 34.1 Å². The predicted octanol–water partition coefficient (Wildman–Crippen LogP) is 2.85. The van der Waals surface area contributed by atoms with Crippen LogP contribution < -0.4 is 5.32 Å². The Morgan fingerprint density at radius 2 is 1.96 bits per heavy atom. The van der Waals surface area contributed by atoms with Gasteiger partial charge in [0.15, 0.2) is 0 Å². The average molecular weight is 395 g/mol. The van der Waals surface area contributed by atoms with Gasteiger partial charge in [0.05, 0.1) is 11.8 Å². The molecule has 1 saturated heterocycles. The normalized spacial score (nSPS) is 21.3. The zero-order valence-corrected chi connectivity index (χ0v) is 13.4. The number of carboxylic acid groups (broad SMARTS) is 1. The summed E-state index contributed by atoms with van der Waals surface area (Å²) in [7, 11) is 0. The number of amides is 2. The minimum absolute atomic E-state index is 0.130. The van der Waals surface area contributed by atoms with Crippen LogP contribution in [0.1, 0.15) is 5.56 Å². The molecule has 0 bridgehead atoms. The van der Waals surface area contributed by atoms with Crippen molar-refractivity contribution < 1.29 is 27.9 Å². The number of urea groups is 1. The summed E-state index contributed by atoms with van der Waals surface area (Å²) in [5.74, 6) is -5.23. The Balaban J connectivity index is 2.01. The largest absolute Gasteiger partial charge is 0.481 e. The number of nitrogens with zero attached hydrogens (tertiary/aromatic N) is 1. The SMILES string of the molecule is O=C(O)[C@@H]1CN(C(=O)NCc2ccccc2Br)C[C@H]1C(F)(F)F. The van der Waals surface area contributed by atoms with Crippen LogP contribution in [0.25, 0.3) is 0 Å². The van der Waals surface area contributed by atoms with Crippen molar-refractivity contribution in [3.05, 3.63) is 34.3 Å². The van der Waals surface area contributed by atoms with Crippen molar-refractivity contribution >= 4 is 27.9 Å². The Labute approximate surface area is 138 Å². The second-order valence-electron chi connectivity index (χ2n) is 5.25. The first-order valence-electron chi connectivity index (χ1n) is 6.76. The van der Waals surface area contributed by atoms with Crippen LogP contribution in [0.15, 0.2) is 28.7 Å². The molecule has 1 aromatic rings. The molecular formula is C14H14BrF3N2O3. The van der Waals surface area contributed by atoms with Crippen LogP contribution >= 0.6 is 15.9 Å². The second kappa shape index (κ2) is 6.77. The Bertz CT molecular complexity index is 609. The maximum absolute atomic E-state index is 12.9. The highest BCUT2D eigenvalue weighted by atomic mass is 79.9. The van der Waals surface area contributed by atoms with E-state index >= 15 is 0 Å². The lowest BCUT2D eigenvalue weighted by molar-refractivity contribution is -0.187. The molecule has 9 heteroatoms. The van der Waals surface area contributed by atoms with Gasteiger partial charge in [-0.15, -0.1) is 0 Å². The molecule has 1 aromatic carbocycles. The number of benzene rings is 1. The molecule has 0 saturated carbocycles. The van der Waals surface area contributed by atoms with Crippen molar-refractivity contribution in [2.45, 2.75) is 12.7 Å². The average Bonchev–Trinajstić information content (AvgIpc) is 2.91. The molecule has 2 N–H and O–H groups in total. The van der Waals surface area contributed by atoms with Gasteiger partial charge in [-0.25, -0.2) is 4.79 Å². The number of carboxylic acids is 1. The fourth-order valence-electron chi connectivity index (χ4n) is 2.48. The second-order valence-corrected chi connectivity index (χ2v) is 6.10. The molecule has 0 radical (unpaired) electrons. The number of alkyl halides is 3. The van der Waals surface area contributed by atoms with Crippen molar-refractivity contribution in [3.8, 4) is 0 Å². The smallest absolute Gasteiger partial charge is 0.394 e. The van der Waals surface area contributed by atoms with Crippen molar-refractivity contribution in [1.29, 1.82) is 0 Å². The van der Waals surface area contributed by atoms with E-state index in [0.717, 1.165) is 14.9 Å². The molecule has 23 heavy (non-hydrogen) atoms. The first kappa shape index (κ1) is 17.6. The Kier molecular flexibility index (Phi) is 5.18. The highest BCUT2D eigenvalue weighted by Gasteiger charge is 2.53. The summed E-state index contributed by atoms with van der Waals surface area (Å²) < 4.78 is 39.4. The zero-order chi connectivity index (χ0) is 17.2. The van der Waals surface area contributed by atoms with Crippen LogP contribution in [0.5, 0.6) is 0 Å². The van der Waals surface area contributed by atoms with Gasteiger partial charge >= 0.3 is 18.2 Å². The molecular weight excluding hydrogens is 381 g/mol.